The molecule has 0 saturated carbocycles. The maximum Gasteiger partial charge on any atom is 0.251 e. The SMILES string of the molecule is Cn1c(CNC(=O)c2ccc(Cl)c(Cl)c2)nnc1SCC(=O)Nc1cccc(Cl)c1Cl. The highest BCUT2D eigenvalue weighted by atomic mass is 35.5. The van der Waals surface area contributed by atoms with Crippen molar-refractivity contribution in [3.8, 4) is 0 Å². The fourth-order valence-corrected chi connectivity index (χ4v) is 3.82. The van der Waals surface area contributed by atoms with Crippen molar-refractivity contribution in [1.82, 2.24) is 20.1 Å². The Hall–Kier alpha value is -1.97. The number of benzene rings is 2. The van der Waals surface area contributed by atoms with Gasteiger partial charge in [-0.3, -0.25) is 9.59 Å². The van der Waals surface area contributed by atoms with Crippen LogP contribution in [-0.2, 0) is 18.4 Å². The Kier molecular flexibility index (Phi) is 8.07. The Balaban J connectivity index is 1.54. The number of thioether (sulfide) groups is 1. The lowest BCUT2D eigenvalue weighted by molar-refractivity contribution is -0.113. The number of hydrogen-bond donors (Lipinski definition) is 2. The van der Waals surface area contributed by atoms with Crippen molar-refractivity contribution in [1.29, 1.82) is 0 Å². The number of carbonyl (C=O) groups excluding carboxylic acids is 2. The number of anilines is 1. The first-order valence-corrected chi connectivity index (χ1v) is 11.2. The smallest absolute Gasteiger partial charge is 0.251 e. The van der Waals surface area contributed by atoms with Crippen LogP contribution in [0.5, 0.6) is 0 Å². The number of halogens is 4. The third-order valence-corrected chi connectivity index (χ3v) is 6.65. The number of rotatable bonds is 7. The predicted octanol–water partition coefficient (Wildman–Crippen LogP) is 5.09. The number of nitrogens with one attached hydrogen (secondary N) is 2. The van der Waals surface area contributed by atoms with E-state index in [0.717, 1.165) is 0 Å². The van der Waals surface area contributed by atoms with Crippen molar-refractivity contribution in [2.45, 2.75) is 11.7 Å². The summed E-state index contributed by atoms with van der Waals surface area (Å²) in [5.41, 5.74) is 0.811. The minimum absolute atomic E-state index is 0.0877. The quantitative estimate of drug-likeness (QED) is 0.425. The summed E-state index contributed by atoms with van der Waals surface area (Å²) in [5.74, 6) is 0.0131. The molecule has 162 valence electrons. The van der Waals surface area contributed by atoms with Crippen LogP contribution >= 0.6 is 58.2 Å². The Labute approximate surface area is 202 Å². The molecule has 31 heavy (non-hydrogen) atoms. The van der Waals surface area contributed by atoms with Crippen LogP contribution < -0.4 is 10.6 Å². The molecule has 0 aliphatic rings. The molecular formula is C19H15Cl4N5O2S. The molecule has 0 spiro atoms. The van der Waals surface area contributed by atoms with E-state index in [2.05, 4.69) is 20.8 Å². The summed E-state index contributed by atoms with van der Waals surface area (Å²) in [6.07, 6.45) is 0. The maximum absolute atomic E-state index is 12.3. The van der Waals surface area contributed by atoms with Crippen LogP contribution in [0, 0.1) is 0 Å². The van der Waals surface area contributed by atoms with E-state index in [4.69, 9.17) is 46.4 Å². The molecule has 2 amide bonds. The normalized spacial score (nSPS) is 10.7. The molecule has 7 nitrogen and oxygen atoms in total. The molecule has 3 aromatic rings. The van der Waals surface area contributed by atoms with E-state index in [1.54, 1.807) is 41.9 Å². The van der Waals surface area contributed by atoms with Gasteiger partial charge in [-0.2, -0.15) is 0 Å². The molecule has 3 rings (SSSR count). The summed E-state index contributed by atoms with van der Waals surface area (Å²) < 4.78 is 1.69. The van der Waals surface area contributed by atoms with Gasteiger partial charge in [-0.05, 0) is 30.3 Å². The zero-order chi connectivity index (χ0) is 22.5. The van der Waals surface area contributed by atoms with Crippen molar-refractivity contribution in [3.05, 3.63) is 67.9 Å². The van der Waals surface area contributed by atoms with Crippen LogP contribution in [0.1, 0.15) is 16.2 Å². The predicted molar refractivity (Wildman–Crippen MR) is 124 cm³/mol. The number of carbonyl (C=O) groups is 2. The van der Waals surface area contributed by atoms with Crippen molar-refractivity contribution in [3.63, 3.8) is 0 Å². The molecule has 0 radical (unpaired) electrons. The van der Waals surface area contributed by atoms with E-state index < -0.39 is 0 Å². The van der Waals surface area contributed by atoms with Gasteiger partial charge in [0.15, 0.2) is 11.0 Å². The molecule has 0 bridgehead atoms. The van der Waals surface area contributed by atoms with Gasteiger partial charge in [0.2, 0.25) is 5.91 Å². The summed E-state index contributed by atoms with van der Waals surface area (Å²) in [6, 6.07) is 9.60. The standard InChI is InChI=1S/C19H15Cl4N5O2S/c1-28-15(8-24-18(30)10-5-6-11(20)13(22)7-10)26-27-19(28)31-9-16(29)25-14-4-2-3-12(21)17(14)23/h2-7H,8-9H2,1H3,(H,24,30)(H,25,29). The third-order valence-electron chi connectivity index (χ3n) is 4.07. The van der Waals surface area contributed by atoms with Gasteiger partial charge in [0.1, 0.15) is 0 Å². The minimum Gasteiger partial charge on any atom is -0.345 e. The lowest BCUT2D eigenvalue weighted by atomic mass is 10.2. The Morgan fingerprint density at radius 2 is 1.81 bits per heavy atom. The van der Waals surface area contributed by atoms with E-state index in [1.165, 1.54) is 17.8 Å². The van der Waals surface area contributed by atoms with E-state index in [1.807, 2.05) is 0 Å². The van der Waals surface area contributed by atoms with Crippen LogP contribution in [0.2, 0.25) is 20.1 Å². The van der Waals surface area contributed by atoms with E-state index in [9.17, 15) is 9.59 Å². The highest BCUT2D eigenvalue weighted by Crippen LogP contribution is 2.29. The molecule has 0 aliphatic heterocycles. The summed E-state index contributed by atoms with van der Waals surface area (Å²) in [7, 11) is 1.74. The lowest BCUT2D eigenvalue weighted by Gasteiger charge is -2.08. The fourth-order valence-electron chi connectivity index (χ4n) is 2.44. The molecule has 0 unspecified atom stereocenters. The van der Waals surface area contributed by atoms with Crippen molar-refractivity contribution >= 4 is 75.7 Å². The zero-order valence-corrected chi connectivity index (χ0v) is 19.8. The summed E-state index contributed by atoms with van der Waals surface area (Å²) >= 11 is 25.0. The molecule has 2 aromatic carbocycles. The number of amides is 2. The van der Waals surface area contributed by atoms with E-state index >= 15 is 0 Å². The second-order valence-corrected chi connectivity index (χ2v) is 8.75. The zero-order valence-electron chi connectivity index (χ0n) is 16.0. The van der Waals surface area contributed by atoms with E-state index in [0.29, 0.717) is 37.3 Å². The third kappa shape index (κ3) is 6.05. The molecule has 1 aromatic heterocycles. The summed E-state index contributed by atoms with van der Waals surface area (Å²) in [4.78, 5) is 24.5. The van der Waals surface area contributed by atoms with Gasteiger partial charge in [-0.1, -0.05) is 64.2 Å². The molecular weight excluding hydrogens is 504 g/mol. The average molecular weight is 519 g/mol. The van der Waals surface area contributed by atoms with Crippen molar-refractivity contribution < 1.29 is 9.59 Å². The van der Waals surface area contributed by atoms with Crippen molar-refractivity contribution in [2.24, 2.45) is 7.05 Å². The molecule has 0 fully saturated rings. The lowest BCUT2D eigenvalue weighted by Crippen LogP contribution is -2.24. The highest BCUT2D eigenvalue weighted by Gasteiger charge is 2.14. The molecule has 2 N–H and O–H groups in total. The first-order chi connectivity index (χ1) is 14.8. The Morgan fingerprint density at radius 3 is 2.55 bits per heavy atom. The van der Waals surface area contributed by atoms with Crippen LogP contribution in [-0.4, -0.2) is 32.3 Å². The van der Waals surface area contributed by atoms with Gasteiger partial charge in [0.25, 0.3) is 5.91 Å². The van der Waals surface area contributed by atoms with Crippen LogP contribution in [0.3, 0.4) is 0 Å². The molecule has 0 atom stereocenters. The summed E-state index contributed by atoms with van der Waals surface area (Å²) in [6.45, 7) is 0.146. The largest absolute Gasteiger partial charge is 0.345 e. The first kappa shape index (κ1) is 23.7. The Bertz CT molecular complexity index is 1140. The second kappa shape index (κ2) is 10.6. The van der Waals surface area contributed by atoms with Gasteiger partial charge in [0, 0.05) is 12.6 Å². The van der Waals surface area contributed by atoms with Crippen LogP contribution in [0.4, 0.5) is 5.69 Å². The minimum atomic E-state index is -0.325. The number of aromatic nitrogens is 3. The van der Waals surface area contributed by atoms with Gasteiger partial charge in [0.05, 0.1) is 38.1 Å². The van der Waals surface area contributed by atoms with Crippen LogP contribution in [0.25, 0.3) is 0 Å². The van der Waals surface area contributed by atoms with Gasteiger partial charge in [-0.25, -0.2) is 0 Å². The number of nitrogens with zero attached hydrogens (tertiary/aromatic N) is 3. The molecule has 1 heterocycles. The summed E-state index contributed by atoms with van der Waals surface area (Å²) in [5, 5.41) is 15.4. The topological polar surface area (TPSA) is 88.9 Å². The molecule has 0 saturated heterocycles. The average Bonchev–Trinajstić information content (AvgIpc) is 3.09. The monoisotopic (exact) mass is 517 g/mol. The van der Waals surface area contributed by atoms with Crippen molar-refractivity contribution in [2.75, 3.05) is 11.1 Å². The van der Waals surface area contributed by atoms with Gasteiger partial charge in [-0.15, -0.1) is 10.2 Å². The first-order valence-electron chi connectivity index (χ1n) is 8.74. The van der Waals surface area contributed by atoms with Crippen LogP contribution in [0.15, 0.2) is 41.6 Å². The van der Waals surface area contributed by atoms with Gasteiger partial charge >= 0.3 is 0 Å². The second-order valence-electron chi connectivity index (χ2n) is 6.21. The molecule has 12 heteroatoms. The number of hydrogen-bond acceptors (Lipinski definition) is 5. The Morgan fingerprint density at radius 1 is 1.03 bits per heavy atom. The molecule has 0 aliphatic carbocycles. The van der Waals surface area contributed by atoms with Gasteiger partial charge < -0.3 is 15.2 Å². The fraction of sp³-hybridized carbons (Fsp3) is 0.158. The highest BCUT2D eigenvalue weighted by molar-refractivity contribution is 7.99. The van der Waals surface area contributed by atoms with E-state index in [-0.39, 0.29) is 29.1 Å². The maximum atomic E-state index is 12.3.